The van der Waals surface area contributed by atoms with Crippen LogP contribution < -0.4 is 10.6 Å². The Labute approximate surface area is 197 Å². The Morgan fingerprint density at radius 3 is 2.23 bits per heavy atom. The largest absolute Gasteiger partial charge is 0.356 e. The summed E-state index contributed by atoms with van der Waals surface area (Å²) in [6.07, 6.45) is 5.90. The number of hydrogen-bond acceptors (Lipinski definition) is 3. The first kappa shape index (κ1) is 23.6. The van der Waals surface area contributed by atoms with E-state index in [-0.39, 0.29) is 71.4 Å². The van der Waals surface area contributed by atoms with Crippen molar-refractivity contribution in [1.82, 2.24) is 15.5 Å². The number of allylic oxidation sites excluding steroid dienone is 2. The molecule has 31 heavy (non-hydrogen) atoms. The van der Waals surface area contributed by atoms with Gasteiger partial charge in [0.05, 0.1) is 11.8 Å². The third kappa shape index (κ3) is 4.61. The molecule has 0 radical (unpaired) electrons. The number of rotatable bonds is 7. The van der Waals surface area contributed by atoms with Crippen LogP contribution in [0.3, 0.4) is 0 Å². The number of carbonyl (C=O) groups excluding carboxylic acids is 2. The zero-order chi connectivity index (χ0) is 21.3. The number of hydrogen-bond donors (Lipinski definition) is 2. The Bertz CT molecular complexity index is 857. The van der Waals surface area contributed by atoms with E-state index < -0.39 is 11.6 Å². The van der Waals surface area contributed by atoms with Crippen LogP contribution in [0.1, 0.15) is 18.4 Å². The molecule has 2 aliphatic carbocycles. The van der Waals surface area contributed by atoms with Crippen molar-refractivity contribution < 1.29 is 18.4 Å². The second-order valence-electron chi connectivity index (χ2n) is 8.06. The lowest BCUT2D eigenvalue weighted by Gasteiger charge is -2.18. The molecular weight excluding hydrogens is 517 g/mol. The predicted molar refractivity (Wildman–Crippen MR) is 124 cm³/mol. The molecule has 6 nitrogen and oxygen atoms in total. The summed E-state index contributed by atoms with van der Waals surface area (Å²) in [5.41, 5.74) is 0.0421. The van der Waals surface area contributed by atoms with Crippen molar-refractivity contribution in [2.75, 3.05) is 26.7 Å². The molecule has 168 valence electrons. The summed E-state index contributed by atoms with van der Waals surface area (Å²) in [7, 11) is 1.61. The molecule has 4 atom stereocenters. The second-order valence-corrected chi connectivity index (χ2v) is 8.06. The van der Waals surface area contributed by atoms with Crippen LogP contribution in [0.5, 0.6) is 0 Å². The van der Waals surface area contributed by atoms with Crippen LogP contribution in [0, 0.1) is 35.3 Å². The summed E-state index contributed by atoms with van der Waals surface area (Å²) in [6.45, 7) is 1.22. The number of benzene rings is 1. The fraction of sp³-hybridized carbons (Fsp3) is 0.500. The first-order valence-corrected chi connectivity index (χ1v) is 10.4. The molecule has 1 aromatic carbocycles. The molecule has 2 amide bonds. The van der Waals surface area contributed by atoms with Gasteiger partial charge in [0, 0.05) is 32.2 Å². The predicted octanol–water partition coefficient (Wildman–Crippen LogP) is 2.49. The molecule has 9 heteroatoms. The maximum atomic E-state index is 13.7. The van der Waals surface area contributed by atoms with E-state index in [2.05, 4.69) is 27.8 Å². The number of likely N-dealkylation sites (tertiary alicyclic amines) is 1. The summed E-state index contributed by atoms with van der Waals surface area (Å²) in [6, 6.07) is 3.82. The lowest BCUT2D eigenvalue weighted by Crippen LogP contribution is -2.40. The highest BCUT2D eigenvalue weighted by atomic mass is 127. The molecular formula is C22H27F2IN4O2. The van der Waals surface area contributed by atoms with Crippen molar-refractivity contribution >= 4 is 41.8 Å². The van der Waals surface area contributed by atoms with Crippen molar-refractivity contribution in [2.45, 2.75) is 19.3 Å². The van der Waals surface area contributed by atoms with Crippen LogP contribution in [0.4, 0.5) is 8.78 Å². The quantitative estimate of drug-likeness (QED) is 0.138. The van der Waals surface area contributed by atoms with Gasteiger partial charge in [-0.1, -0.05) is 18.2 Å². The van der Waals surface area contributed by atoms with Crippen LogP contribution in [0.25, 0.3) is 0 Å². The minimum Gasteiger partial charge on any atom is -0.356 e. The number of nitrogens with zero attached hydrogens (tertiary/aromatic N) is 2. The van der Waals surface area contributed by atoms with Crippen LogP contribution in [0.2, 0.25) is 0 Å². The SMILES string of the molecule is CN=C(NCCCN1C(=O)C2C3C=CC(C3)C2C1=O)NCCc1c(F)cccc1F.I. The Hall–Kier alpha value is -2.04. The number of carbonyl (C=O) groups is 2. The summed E-state index contributed by atoms with van der Waals surface area (Å²) >= 11 is 0. The van der Waals surface area contributed by atoms with Gasteiger partial charge in [-0.15, -0.1) is 24.0 Å². The van der Waals surface area contributed by atoms with Gasteiger partial charge in [-0.25, -0.2) is 8.78 Å². The fourth-order valence-corrected chi connectivity index (χ4v) is 4.93. The van der Waals surface area contributed by atoms with E-state index in [9.17, 15) is 18.4 Å². The smallest absolute Gasteiger partial charge is 0.233 e. The molecule has 1 aliphatic heterocycles. The van der Waals surface area contributed by atoms with Crippen LogP contribution >= 0.6 is 24.0 Å². The summed E-state index contributed by atoms with van der Waals surface area (Å²) in [5, 5.41) is 6.13. The summed E-state index contributed by atoms with van der Waals surface area (Å²) in [4.78, 5) is 30.8. The standard InChI is InChI=1S/C22H26F2N4O2.HI/c1-25-22(27-10-8-15-16(23)4-2-5-17(15)24)26-9-3-11-28-20(29)18-13-6-7-14(12-13)19(18)21(28)30;/h2,4-7,13-14,18-19H,3,8-12H2,1H3,(H2,25,26,27);1H. The molecule has 1 heterocycles. The highest BCUT2D eigenvalue weighted by Crippen LogP contribution is 2.52. The van der Waals surface area contributed by atoms with Gasteiger partial charge in [-0.2, -0.15) is 0 Å². The first-order chi connectivity index (χ1) is 14.5. The van der Waals surface area contributed by atoms with Crippen molar-refractivity contribution in [3.05, 3.63) is 47.5 Å². The van der Waals surface area contributed by atoms with E-state index in [4.69, 9.17) is 0 Å². The van der Waals surface area contributed by atoms with Gasteiger partial charge >= 0.3 is 0 Å². The number of aliphatic imine (C=N–C) groups is 1. The van der Waals surface area contributed by atoms with E-state index in [0.717, 1.165) is 6.42 Å². The van der Waals surface area contributed by atoms with Crippen molar-refractivity contribution in [3.8, 4) is 0 Å². The Balaban J connectivity index is 0.00000272. The number of halogens is 3. The lowest BCUT2D eigenvalue weighted by molar-refractivity contribution is -0.140. The molecule has 1 saturated carbocycles. The van der Waals surface area contributed by atoms with Gasteiger partial charge in [-0.3, -0.25) is 19.5 Å². The number of fused-ring (bicyclic) bond motifs is 5. The third-order valence-electron chi connectivity index (χ3n) is 6.37. The monoisotopic (exact) mass is 544 g/mol. The van der Waals surface area contributed by atoms with E-state index in [1.165, 1.54) is 23.1 Å². The number of guanidine groups is 1. The van der Waals surface area contributed by atoms with Gasteiger partial charge in [0.25, 0.3) is 0 Å². The third-order valence-corrected chi connectivity index (χ3v) is 6.37. The Morgan fingerprint density at radius 2 is 1.65 bits per heavy atom. The van der Waals surface area contributed by atoms with E-state index in [1.54, 1.807) is 7.05 Å². The van der Waals surface area contributed by atoms with Gasteiger partial charge in [0.1, 0.15) is 11.6 Å². The summed E-state index contributed by atoms with van der Waals surface area (Å²) < 4.78 is 27.4. The molecule has 3 aliphatic rings. The lowest BCUT2D eigenvalue weighted by atomic mass is 9.85. The van der Waals surface area contributed by atoms with Crippen molar-refractivity contribution in [1.29, 1.82) is 0 Å². The van der Waals surface area contributed by atoms with E-state index in [0.29, 0.717) is 32.0 Å². The zero-order valence-electron chi connectivity index (χ0n) is 17.3. The van der Waals surface area contributed by atoms with Crippen molar-refractivity contribution in [2.24, 2.45) is 28.7 Å². The van der Waals surface area contributed by atoms with Gasteiger partial charge in [-0.05, 0) is 43.2 Å². The maximum Gasteiger partial charge on any atom is 0.233 e. The molecule has 4 unspecified atom stereocenters. The normalized spacial score (nSPS) is 26.3. The van der Waals surface area contributed by atoms with E-state index in [1.807, 2.05) is 0 Å². The molecule has 1 aromatic rings. The molecule has 4 rings (SSSR count). The van der Waals surface area contributed by atoms with Gasteiger partial charge < -0.3 is 10.6 Å². The highest BCUT2D eigenvalue weighted by molar-refractivity contribution is 14.0. The molecule has 1 saturated heterocycles. The highest BCUT2D eigenvalue weighted by Gasteiger charge is 2.58. The van der Waals surface area contributed by atoms with E-state index >= 15 is 0 Å². The average molecular weight is 544 g/mol. The number of amides is 2. The topological polar surface area (TPSA) is 73.8 Å². The molecule has 2 bridgehead atoms. The molecule has 0 spiro atoms. The first-order valence-electron chi connectivity index (χ1n) is 10.4. The number of imide groups is 1. The van der Waals surface area contributed by atoms with Gasteiger partial charge in [0.2, 0.25) is 11.8 Å². The summed E-state index contributed by atoms with van der Waals surface area (Å²) in [5.74, 6) is -0.551. The minimum atomic E-state index is -0.562. The second kappa shape index (κ2) is 10.1. The van der Waals surface area contributed by atoms with Crippen molar-refractivity contribution in [3.63, 3.8) is 0 Å². The average Bonchev–Trinajstić information content (AvgIpc) is 3.41. The molecule has 0 aromatic heterocycles. The number of nitrogens with one attached hydrogen (secondary N) is 2. The van der Waals surface area contributed by atoms with Gasteiger partial charge in [0.15, 0.2) is 5.96 Å². The fourth-order valence-electron chi connectivity index (χ4n) is 4.93. The molecule has 2 N–H and O–H groups in total. The Kier molecular flexibility index (Phi) is 7.66. The van der Waals surface area contributed by atoms with Crippen LogP contribution in [-0.2, 0) is 16.0 Å². The zero-order valence-corrected chi connectivity index (χ0v) is 19.6. The van der Waals surface area contributed by atoms with Crippen LogP contribution in [-0.4, -0.2) is 49.4 Å². The molecule has 2 fully saturated rings. The minimum absolute atomic E-state index is 0. The Morgan fingerprint density at radius 1 is 1.06 bits per heavy atom. The maximum absolute atomic E-state index is 13.7. The van der Waals surface area contributed by atoms with Crippen LogP contribution in [0.15, 0.2) is 35.3 Å².